The quantitative estimate of drug-likeness (QED) is 0.833. The predicted octanol–water partition coefficient (Wildman–Crippen LogP) is 2.93. The van der Waals surface area contributed by atoms with Crippen LogP contribution in [0, 0.1) is 6.92 Å². The third kappa shape index (κ3) is 3.96. The normalized spacial score (nSPS) is 12.9. The minimum Gasteiger partial charge on any atom is -0.353 e. The minimum absolute atomic E-state index is 0.461. The van der Waals surface area contributed by atoms with Gasteiger partial charge in [-0.15, -0.1) is 0 Å². The number of anilines is 1. The maximum atomic E-state index is 4.50. The molecule has 0 bridgehead atoms. The van der Waals surface area contributed by atoms with Gasteiger partial charge in [-0.3, -0.25) is 0 Å². The van der Waals surface area contributed by atoms with Gasteiger partial charge < -0.3 is 9.80 Å². The third-order valence-corrected chi connectivity index (χ3v) is 3.66. The van der Waals surface area contributed by atoms with Gasteiger partial charge in [-0.1, -0.05) is 0 Å². The highest BCUT2D eigenvalue weighted by Crippen LogP contribution is 2.21. The van der Waals surface area contributed by atoms with Crippen LogP contribution in [0.4, 0.5) is 5.82 Å². The van der Waals surface area contributed by atoms with Crippen molar-refractivity contribution >= 4 is 21.7 Å². The molecular weight excluding hydrogens is 278 g/mol. The third-order valence-electron chi connectivity index (χ3n) is 2.83. The molecule has 17 heavy (non-hydrogen) atoms. The van der Waals surface area contributed by atoms with E-state index in [1.54, 1.807) is 0 Å². The van der Waals surface area contributed by atoms with Gasteiger partial charge in [0.1, 0.15) is 5.82 Å². The maximum absolute atomic E-state index is 4.50. The number of nitrogens with zero attached hydrogens (tertiary/aromatic N) is 3. The molecule has 3 nitrogen and oxygen atoms in total. The van der Waals surface area contributed by atoms with Crippen LogP contribution < -0.4 is 4.90 Å². The molecule has 0 aliphatic rings. The fourth-order valence-electron chi connectivity index (χ4n) is 2.01. The summed E-state index contributed by atoms with van der Waals surface area (Å²) in [5.41, 5.74) is 1.23. The molecule has 1 heterocycles. The van der Waals surface area contributed by atoms with E-state index >= 15 is 0 Å². The van der Waals surface area contributed by atoms with Crippen LogP contribution in [0.2, 0.25) is 0 Å². The van der Waals surface area contributed by atoms with Crippen LogP contribution in [0.3, 0.4) is 0 Å². The summed E-state index contributed by atoms with van der Waals surface area (Å²) < 4.78 is 1.07. The van der Waals surface area contributed by atoms with E-state index in [2.05, 4.69) is 71.6 Å². The second-order valence-electron chi connectivity index (χ2n) is 4.69. The fourth-order valence-corrected chi connectivity index (χ4v) is 2.22. The number of rotatable bonds is 5. The zero-order chi connectivity index (χ0) is 13.0. The van der Waals surface area contributed by atoms with Gasteiger partial charge in [0.15, 0.2) is 0 Å². The van der Waals surface area contributed by atoms with Crippen molar-refractivity contribution in [3.63, 3.8) is 0 Å². The first-order chi connectivity index (χ1) is 7.95. The molecule has 1 aromatic heterocycles. The van der Waals surface area contributed by atoms with Gasteiger partial charge in [-0.25, -0.2) is 4.98 Å². The molecule has 0 aliphatic carbocycles. The van der Waals surface area contributed by atoms with Gasteiger partial charge in [-0.05, 0) is 62.4 Å². The summed E-state index contributed by atoms with van der Waals surface area (Å²) in [6.45, 7) is 8.52. The van der Waals surface area contributed by atoms with Crippen molar-refractivity contribution in [2.45, 2.75) is 26.8 Å². The molecule has 1 unspecified atom stereocenters. The number of pyridine rings is 1. The fraction of sp³-hybridized carbons (Fsp3) is 0.615. The second-order valence-corrected chi connectivity index (χ2v) is 5.54. The average molecular weight is 300 g/mol. The lowest BCUT2D eigenvalue weighted by atomic mass is 10.2. The number of halogens is 1. The highest BCUT2D eigenvalue weighted by atomic mass is 79.9. The summed E-state index contributed by atoms with van der Waals surface area (Å²) in [6.07, 6.45) is 1.88. The van der Waals surface area contributed by atoms with Crippen molar-refractivity contribution in [3.8, 4) is 0 Å². The smallest absolute Gasteiger partial charge is 0.129 e. The average Bonchev–Trinajstić information content (AvgIpc) is 2.23. The van der Waals surface area contributed by atoms with Crippen molar-refractivity contribution in [3.05, 3.63) is 22.3 Å². The van der Waals surface area contributed by atoms with E-state index in [4.69, 9.17) is 0 Å². The Bertz CT molecular complexity index is 366. The Kier molecular flexibility index (Phi) is 5.40. The van der Waals surface area contributed by atoms with Crippen LogP contribution in [0.15, 0.2) is 16.7 Å². The molecule has 0 aliphatic heterocycles. The monoisotopic (exact) mass is 299 g/mol. The summed E-state index contributed by atoms with van der Waals surface area (Å²) in [5.74, 6) is 1.06. The molecule has 1 aromatic rings. The number of hydrogen-bond donors (Lipinski definition) is 0. The molecule has 1 atom stereocenters. The number of likely N-dealkylation sites (N-methyl/N-ethyl adjacent to an activating group) is 2. The highest BCUT2D eigenvalue weighted by Gasteiger charge is 2.15. The van der Waals surface area contributed by atoms with E-state index in [0.717, 1.165) is 23.4 Å². The summed E-state index contributed by atoms with van der Waals surface area (Å²) >= 11 is 3.49. The number of hydrogen-bond acceptors (Lipinski definition) is 3. The zero-order valence-electron chi connectivity index (χ0n) is 11.4. The van der Waals surface area contributed by atoms with Gasteiger partial charge in [-0.2, -0.15) is 0 Å². The van der Waals surface area contributed by atoms with Gasteiger partial charge in [0.05, 0.1) is 0 Å². The Morgan fingerprint density at radius 1 is 1.41 bits per heavy atom. The summed E-state index contributed by atoms with van der Waals surface area (Å²) in [5, 5.41) is 0. The van der Waals surface area contributed by atoms with Gasteiger partial charge in [0, 0.05) is 29.8 Å². The molecule has 4 heteroatoms. The lowest BCUT2D eigenvalue weighted by Gasteiger charge is -2.31. The predicted molar refractivity (Wildman–Crippen MR) is 77.7 cm³/mol. The van der Waals surface area contributed by atoms with Gasteiger partial charge in [0.25, 0.3) is 0 Å². The molecule has 0 radical (unpaired) electrons. The van der Waals surface area contributed by atoms with Crippen LogP contribution in [0.1, 0.15) is 19.4 Å². The second kappa shape index (κ2) is 6.36. The molecule has 0 spiro atoms. The van der Waals surface area contributed by atoms with Crippen molar-refractivity contribution in [2.75, 3.05) is 32.1 Å². The lowest BCUT2D eigenvalue weighted by molar-refractivity contribution is 0.372. The Morgan fingerprint density at radius 3 is 2.53 bits per heavy atom. The van der Waals surface area contributed by atoms with E-state index in [1.165, 1.54) is 5.56 Å². The van der Waals surface area contributed by atoms with Crippen LogP contribution >= 0.6 is 15.9 Å². The van der Waals surface area contributed by atoms with Crippen molar-refractivity contribution < 1.29 is 0 Å². The summed E-state index contributed by atoms with van der Waals surface area (Å²) in [7, 11) is 4.20. The minimum atomic E-state index is 0.461. The largest absolute Gasteiger partial charge is 0.353 e. The molecule has 0 aromatic carbocycles. The highest BCUT2D eigenvalue weighted by molar-refractivity contribution is 9.10. The number of aromatic nitrogens is 1. The molecule has 0 amide bonds. The zero-order valence-corrected chi connectivity index (χ0v) is 13.0. The van der Waals surface area contributed by atoms with E-state index < -0.39 is 0 Å². The summed E-state index contributed by atoms with van der Waals surface area (Å²) in [4.78, 5) is 9.04. The standard InChI is InChI=1S/C13H22BrN3/c1-6-17(11(3)9-16(4)5)13-7-10(2)12(14)8-15-13/h7-8,11H,6,9H2,1-5H3. The van der Waals surface area contributed by atoms with Gasteiger partial charge in [0.2, 0.25) is 0 Å². The molecular formula is C13H22BrN3. The molecule has 0 N–H and O–H groups in total. The Balaban J connectivity index is 2.89. The van der Waals surface area contributed by atoms with Crippen LogP contribution in [0.5, 0.6) is 0 Å². The van der Waals surface area contributed by atoms with Crippen molar-refractivity contribution in [1.29, 1.82) is 0 Å². The van der Waals surface area contributed by atoms with Crippen LogP contribution in [-0.2, 0) is 0 Å². The van der Waals surface area contributed by atoms with E-state index in [1.807, 2.05) is 6.20 Å². The topological polar surface area (TPSA) is 19.4 Å². The molecule has 0 saturated heterocycles. The Labute approximate surface area is 113 Å². The molecule has 96 valence electrons. The van der Waals surface area contributed by atoms with E-state index in [-0.39, 0.29) is 0 Å². The van der Waals surface area contributed by atoms with Crippen LogP contribution in [-0.4, -0.2) is 43.1 Å². The van der Waals surface area contributed by atoms with E-state index in [9.17, 15) is 0 Å². The van der Waals surface area contributed by atoms with E-state index in [0.29, 0.717) is 6.04 Å². The molecule has 0 fully saturated rings. The Hall–Kier alpha value is -0.610. The first-order valence-electron chi connectivity index (χ1n) is 5.99. The van der Waals surface area contributed by atoms with Gasteiger partial charge >= 0.3 is 0 Å². The first kappa shape index (κ1) is 14.5. The molecule has 0 saturated carbocycles. The number of aryl methyl sites for hydroxylation is 1. The first-order valence-corrected chi connectivity index (χ1v) is 6.78. The lowest BCUT2D eigenvalue weighted by Crippen LogP contribution is -2.40. The maximum Gasteiger partial charge on any atom is 0.129 e. The summed E-state index contributed by atoms with van der Waals surface area (Å²) in [6, 6.07) is 2.60. The molecule has 1 rings (SSSR count). The van der Waals surface area contributed by atoms with Crippen molar-refractivity contribution in [2.24, 2.45) is 0 Å². The Morgan fingerprint density at radius 2 is 2.06 bits per heavy atom. The van der Waals surface area contributed by atoms with Crippen LogP contribution in [0.25, 0.3) is 0 Å². The SMILES string of the molecule is CCN(c1cc(C)c(Br)cn1)C(C)CN(C)C. The van der Waals surface area contributed by atoms with Crippen molar-refractivity contribution in [1.82, 2.24) is 9.88 Å².